The lowest BCUT2D eigenvalue weighted by atomic mass is 10.2. The van der Waals surface area contributed by atoms with Gasteiger partial charge in [0.15, 0.2) is 5.16 Å². The number of carbonyl (C=O) groups excluding carboxylic acids is 1. The maximum absolute atomic E-state index is 12.0. The molecule has 0 atom stereocenters. The van der Waals surface area contributed by atoms with Gasteiger partial charge in [-0.15, -0.1) is 0 Å². The molecular formula is C17H21N3O3S. The molecule has 6 nitrogen and oxygen atoms in total. The number of H-pyrrole nitrogens is 1. The van der Waals surface area contributed by atoms with Crippen LogP contribution < -0.4 is 10.9 Å². The number of ether oxygens (including phenoxy) is 1. The Morgan fingerprint density at radius 1 is 1.38 bits per heavy atom. The Kier molecular flexibility index (Phi) is 6.57. The summed E-state index contributed by atoms with van der Waals surface area (Å²) in [6.07, 6.45) is 0.0575. The van der Waals surface area contributed by atoms with Crippen LogP contribution in [0.15, 0.2) is 40.3 Å². The number of carbonyl (C=O) groups is 1. The standard InChI is InChI=1S/C17H21N3O3S/c1-11(2)23-9-13-8-15(21)20-17(18-13)24-10-16(22)19-14-7-5-4-6-12(14)3/h4-8,11H,9-10H2,1-3H3,(H,19,22)(H,18,20,21). The molecule has 1 amide bonds. The molecule has 0 aliphatic heterocycles. The second-order valence-corrected chi connectivity index (χ2v) is 6.52. The first kappa shape index (κ1) is 18.2. The third-order valence-corrected chi connectivity index (χ3v) is 3.97. The summed E-state index contributed by atoms with van der Waals surface area (Å²) >= 11 is 1.18. The number of anilines is 1. The average Bonchev–Trinajstić information content (AvgIpc) is 2.53. The first-order chi connectivity index (χ1) is 11.4. The fourth-order valence-corrected chi connectivity index (χ4v) is 2.61. The van der Waals surface area contributed by atoms with Crippen molar-refractivity contribution in [2.45, 2.75) is 38.6 Å². The van der Waals surface area contributed by atoms with E-state index in [2.05, 4.69) is 15.3 Å². The minimum absolute atomic E-state index is 0.0575. The Bertz CT molecular complexity index is 759. The smallest absolute Gasteiger partial charge is 0.251 e. The first-order valence-electron chi connectivity index (χ1n) is 7.64. The molecule has 0 bridgehead atoms. The van der Waals surface area contributed by atoms with Gasteiger partial charge in [0.05, 0.1) is 24.2 Å². The summed E-state index contributed by atoms with van der Waals surface area (Å²) < 4.78 is 5.45. The summed E-state index contributed by atoms with van der Waals surface area (Å²) in [4.78, 5) is 30.6. The molecule has 0 radical (unpaired) electrons. The van der Waals surface area contributed by atoms with Crippen LogP contribution in [0.3, 0.4) is 0 Å². The Hall–Kier alpha value is -2.12. The van der Waals surface area contributed by atoms with Crippen molar-refractivity contribution in [1.82, 2.24) is 9.97 Å². The Morgan fingerprint density at radius 3 is 2.83 bits per heavy atom. The molecule has 2 aromatic rings. The van der Waals surface area contributed by atoms with Crippen molar-refractivity contribution in [3.8, 4) is 0 Å². The number of aromatic amines is 1. The van der Waals surface area contributed by atoms with E-state index in [1.807, 2.05) is 45.0 Å². The van der Waals surface area contributed by atoms with Crippen molar-refractivity contribution in [3.05, 3.63) is 51.9 Å². The average molecular weight is 347 g/mol. The molecule has 0 aliphatic carbocycles. The molecule has 1 heterocycles. The number of nitrogens with zero attached hydrogens (tertiary/aromatic N) is 1. The number of para-hydroxylation sites is 1. The molecule has 0 spiro atoms. The number of amides is 1. The molecule has 7 heteroatoms. The molecule has 24 heavy (non-hydrogen) atoms. The van der Waals surface area contributed by atoms with Crippen molar-refractivity contribution >= 4 is 23.4 Å². The van der Waals surface area contributed by atoms with Crippen LogP contribution in [0.4, 0.5) is 5.69 Å². The maximum atomic E-state index is 12.0. The van der Waals surface area contributed by atoms with Gasteiger partial charge in [0.25, 0.3) is 5.56 Å². The number of nitrogens with one attached hydrogen (secondary N) is 2. The highest BCUT2D eigenvalue weighted by Crippen LogP contribution is 2.16. The largest absolute Gasteiger partial charge is 0.373 e. The van der Waals surface area contributed by atoms with Crippen LogP contribution in [-0.4, -0.2) is 27.7 Å². The zero-order valence-corrected chi connectivity index (χ0v) is 14.8. The molecule has 1 aromatic carbocycles. The predicted molar refractivity (Wildman–Crippen MR) is 95.3 cm³/mol. The van der Waals surface area contributed by atoms with Gasteiger partial charge in [0, 0.05) is 11.8 Å². The van der Waals surface area contributed by atoms with Crippen LogP contribution >= 0.6 is 11.8 Å². The molecular weight excluding hydrogens is 326 g/mol. The van der Waals surface area contributed by atoms with Gasteiger partial charge in [-0.2, -0.15) is 0 Å². The second-order valence-electron chi connectivity index (χ2n) is 5.55. The summed E-state index contributed by atoms with van der Waals surface area (Å²) in [5.74, 6) is 0.00644. The summed E-state index contributed by atoms with van der Waals surface area (Å²) in [6, 6.07) is 8.97. The molecule has 128 valence electrons. The normalized spacial score (nSPS) is 10.8. The molecule has 2 N–H and O–H groups in total. The van der Waals surface area contributed by atoms with E-state index in [9.17, 15) is 9.59 Å². The summed E-state index contributed by atoms with van der Waals surface area (Å²) in [5.41, 5.74) is 2.07. The van der Waals surface area contributed by atoms with Gasteiger partial charge in [-0.25, -0.2) is 4.98 Å². The lowest BCUT2D eigenvalue weighted by molar-refractivity contribution is -0.113. The van der Waals surface area contributed by atoms with Crippen LogP contribution in [0.2, 0.25) is 0 Å². The molecule has 0 saturated heterocycles. The molecule has 2 rings (SSSR count). The SMILES string of the molecule is Cc1ccccc1NC(=O)CSc1nc(COC(C)C)cc(=O)[nH]1. The van der Waals surface area contributed by atoms with Crippen molar-refractivity contribution in [1.29, 1.82) is 0 Å². The van der Waals surface area contributed by atoms with E-state index in [0.717, 1.165) is 11.3 Å². The number of thioether (sulfide) groups is 1. The molecule has 0 aliphatic rings. The Balaban J connectivity index is 1.95. The summed E-state index contributed by atoms with van der Waals surface area (Å²) in [5, 5.41) is 3.25. The minimum atomic E-state index is -0.255. The number of hydrogen-bond acceptors (Lipinski definition) is 5. The van der Waals surface area contributed by atoms with E-state index in [1.165, 1.54) is 17.8 Å². The zero-order chi connectivity index (χ0) is 17.5. The van der Waals surface area contributed by atoms with Gasteiger partial charge in [-0.1, -0.05) is 30.0 Å². The van der Waals surface area contributed by atoms with Gasteiger partial charge >= 0.3 is 0 Å². The highest BCUT2D eigenvalue weighted by molar-refractivity contribution is 7.99. The van der Waals surface area contributed by atoms with Crippen LogP contribution in [-0.2, 0) is 16.1 Å². The highest BCUT2D eigenvalue weighted by Gasteiger charge is 2.08. The monoisotopic (exact) mass is 347 g/mol. The van der Waals surface area contributed by atoms with E-state index in [0.29, 0.717) is 10.9 Å². The van der Waals surface area contributed by atoms with E-state index in [4.69, 9.17) is 4.74 Å². The van der Waals surface area contributed by atoms with Gasteiger partial charge in [0.2, 0.25) is 5.91 Å². The molecule has 1 aromatic heterocycles. The fraction of sp³-hybridized carbons (Fsp3) is 0.353. The number of aromatic nitrogens is 2. The second kappa shape index (κ2) is 8.65. The summed E-state index contributed by atoms with van der Waals surface area (Å²) in [7, 11) is 0. The zero-order valence-electron chi connectivity index (χ0n) is 14.0. The topological polar surface area (TPSA) is 84.1 Å². The van der Waals surface area contributed by atoms with Crippen LogP contribution in [0.5, 0.6) is 0 Å². The summed E-state index contributed by atoms with van der Waals surface area (Å²) in [6.45, 7) is 6.03. The first-order valence-corrected chi connectivity index (χ1v) is 8.62. The van der Waals surface area contributed by atoms with Crippen molar-refractivity contribution in [2.24, 2.45) is 0 Å². The van der Waals surface area contributed by atoms with E-state index >= 15 is 0 Å². The lowest BCUT2D eigenvalue weighted by Crippen LogP contribution is -2.16. The van der Waals surface area contributed by atoms with Gasteiger partial charge in [-0.3, -0.25) is 9.59 Å². The third-order valence-electron chi connectivity index (χ3n) is 3.10. The van der Waals surface area contributed by atoms with Gasteiger partial charge < -0.3 is 15.0 Å². The minimum Gasteiger partial charge on any atom is -0.373 e. The van der Waals surface area contributed by atoms with Gasteiger partial charge in [-0.05, 0) is 32.4 Å². The number of aryl methyl sites for hydroxylation is 1. The maximum Gasteiger partial charge on any atom is 0.251 e. The quantitative estimate of drug-likeness (QED) is 0.594. The van der Waals surface area contributed by atoms with Gasteiger partial charge in [0.1, 0.15) is 0 Å². The lowest BCUT2D eigenvalue weighted by Gasteiger charge is -2.09. The number of rotatable bonds is 7. The van der Waals surface area contributed by atoms with E-state index in [1.54, 1.807) is 0 Å². The Labute approximate surface area is 145 Å². The van der Waals surface area contributed by atoms with Crippen LogP contribution in [0.25, 0.3) is 0 Å². The van der Waals surface area contributed by atoms with Crippen LogP contribution in [0.1, 0.15) is 25.1 Å². The predicted octanol–water partition coefficient (Wildman–Crippen LogP) is 2.73. The highest BCUT2D eigenvalue weighted by atomic mass is 32.2. The molecule has 0 fully saturated rings. The Morgan fingerprint density at radius 2 is 2.12 bits per heavy atom. The van der Waals surface area contributed by atoms with Crippen molar-refractivity contribution in [2.75, 3.05) is 11.1 Å². The molecule has 0 saturated carbocycles. The van der Waals surface area contributed by atoms with Crippen molar-refractivity contribution < 1.29 is 9.53 Å². The number of hydrogen-bond donors (Lipinski definition) is 2. The van der Waals surface area contributed by atoms with Crippen molar-refractivity contribution in [3.63, 3.8) is 0 Å². The van der Waals surface area contributed by atoms with E-state index in [-0.39, 0.29) is 29.9 Å². The molecule has 0 unspecified atom stereocenters. The van der Waals surface area contributed by atoms with Crippen LogP contribution in [0, 0.1) is 6.92 Å². The third kappa shape index (κ3) is 5.82. The fourth-order valence-electron chi connectivity index (χ4n) is 1.91. The number of benzene rings is 1. The van der Waals surface area contributed by atoms with E-state index < -0.39 is 0 Å².